The molecule has 1 aliphatic rings. The van der Waals surface area contributed by atoms with Gasteiger partial charge in [0.25, 0.3) is 0 Å². The zero-order valence-electron chi connectivity index (χ0n) is 14.8. The highest BCUT2D eigenvalue weighted by Gasteiger charge is 2.20. The number of hydrogen-bond acceptors (Lipinski definition) is 3. The predicted molar refractivity (Wildman–Crippen MR) is 99.6 cm³/mol. The van der Waals surface area contributed by atoms with Crippen LogP contribution in [0.2, 0.25) is 0 Å². The summed E-state index contributed by atoms with van der Waals surface area (Å²) in [7, 11) is 0. The summed E-state index contributed by atoms with van der Waals surface area (Å²) >= 11 is 0. The summed E-state index contributed by atoms with van der Waals surface area (Å²) in [4.78, 5) is 5.14. The van der Waals surface area contributed by atoms with Gasteiger partial charge < -0.3 is 4.74 Å². The summed E-state index contributed by atoms with van der Waals surface area (Å²) < 4.78 is 5.94. The van der Waals surface area contributed by atoms with Gasteiger partial charge in [0.2, 0.25) is 0 Å². The van der Waals surface area contributed by atoms with Crippen molar-refractivity contribution in [1.29, 1.82) is 0 Å². The number of para-hydroxylation sites is 1. The van der Waals surface area contributed by atoms with E-state index in [1.807, 2.05) is 36.4 Å². The molecule has 0 unspecified atom stereocenters. The van der Waals surface area contributed by atoms with Crippen molar-refractivity contribution < 1.29 is 4.74 Å². The normalized spacial score (nSPS) is 17.6. The van der Waals surface area contributed by atoms with E-state index in [1.54, 1.807) is 0 Å². The minimum Gasteiger partial charge on any atom is -0.457 e. The van der Waals surface area contributed by atoms with Gasteiger partial charge in [0.15, 0.2) is 0 Å². The van der Waals surface area contributed by atoms with Crippen molar-refractivity contribution in [1.82, 2.24) is 9.80 Å². The Bertz CT molecular complexity index is 621. The standard InChI is InChI=1S/C21H28N2O/c1-3-18(2)23-14-12-22(13-15-23)17-19-8-7-11-21(16-19)24-20-9-5-4-6-10-20/h4-11,16,18H,3,12-15,17H2,1-2H3/t18-/m1/s1. The van der Waals surface area contributed by atoms with E-state index in [-0.39, 0.29) is 0 Å². The molecule has 1 heterocycles. The molecule has 128 valence electrons. The Hall–Kier alpha value is -1.84. The van der Waals surface area contributed by atoms with Crippen LogP contribution in [0.3, 0.4) is 0 Å². The van der Waals surface area contributed by atoms with E-state index in [4.69, 9.17) is 4.74 Å². The molecule has 0 amide bonds. The van der Waals surface area contributed by atoms with Crippen molar-refractivity contribution in [3.8, 4) is 11.5 Å². The lowest BCUT2D eigenvalue weighted by molar-refractivity contribution is 0.0963. The molecule has 2 aromatic rings. The smallest absolute Gasteiger partial charge is 0.127 e. The van der Waals surface area contributed by atoms with Gasteiger partial charge in [-0.05, 0) is 43.2 Å². The predicted octanol–water partition coefficient (Wildman–Crippen LogP) is 4.40. The number of rotatable bonds is 6. The van der Waals surface area contributed by atoms with E-state index in [2.05, 4.69) is 41.8 Å². The molecule has 1 fully saturated rings. The highest BCUT2D eigenvalue weighted by Crippen LogP contribution is 2.22. The number of benzene rings is 2. The second-order valence-electron chi connectivity index (χ2n) is 6.63. The van der Waals surface area contributed by atoms with Crippen LogP contribution in [-0.4, -0.2) is 42.0 Å². The van der Waals surface area contributed by atoms with Crippen LogP contribution in [0.25, 0.3) is 0 Å². The molecule has 1 aliphatic heterocycles. The zero-order chi connectivity index (χ0) is 16.8. The van der Waals surface area contributed by atoms with Crippen LogP contribution in [0.1, 0.15) is 25.8 Å². The molecule has 3 nitrogen and oxygen atoms in total. The maximum absolute atomic E-state index is 5.94. The van der Waals surface area contributed by atoms with Gasteiger partial charge in [-0.15, -0.1) is 0 Å². The molecule has 3 heteroatoms. The van der Waals surface area contributed by atoms with Gasteiger partial charge in [0.05, 0.1) is 0 Å². The Morgan fingerprint density at radius 1 is 0.917 bits per heavy atom. The SMILES string of the molecule is CC[C@@H](C)N1CCN(Cc2cccc(Oc3ccccc3)c2)CC1. The van der Waals surface area contributed by atoms with Crippen LogP contribution >= 0.6 is 0 Å². The fourth-order valence-corrected chi connectivity index (χ4v) is 3.21. The molecule has 0 aliphatic carbocycles. The van der Waals surface area contributed by atoms with Crippen molar-refractivity contribution in [3.63, 3.8) is 0 Å². The second-order valence-corrected chi connectivity index (χ2v) is 6.63. The van der Waals surface area contributed by atoms with Crippen LogP contribution in [-0.2, 0) is 6.54 Å². The highest BCUT2D eigenvalue weighted by atomic mass is 16.5. The van der Waals surface area contributed by atoms with Crippen LogP contribution < -0.4 is 4.74 Å². The lowest BCUT2D eigenvalue weighted by Crippen LogP contribution is -2.48. The Morgan fingerprint density at radius 3 is 2.33 bits per heavy atom. The Balaban J connectivity index is 1.56. The van der Waals surface area contributed by atoms with Crippen LogP contribution in [0.15, 0.2) is 54.6 Å². The van der Waals surface area contributed by atoms with Gasteiger partial charge in [-0.1, -0.05) is 37.3 Å². The molecule has 0 N–H and O–H groups in total. The summed E-state index contributed by atoms with van der Waals surface area (Å²) in [6, 6.07) is 19.1. The maximum Gasteiger partial charge on any atom is 0.127 e. The third kappa shape index (κ3) is 4.59. The third-order valence-electron chi connectivity index (χ3n) is 4.90. The number of ether oxygens (including phenoxy) is 1. The molecule has 0 saturated carbocycles. The van der Waals surface area contributed by atoms with E-state index in [0.29, 0.717) is 6.04 Å². The average Bonchev–Trinajstić information content (AvgIpc) is 2.63. The van der Waals surface area contributed by atoms with E-state index in [1.165, 1.54) is 25.1 Å². The fraction of sp³-hybridized carbons (Fsp3) is 0.429. The lowest BCUT2D eigenvalue weighted by atomic mass is 10.1. The van der Waals surface area contributed by atoms with E-state index in [0.717, 1.165) is 31.1 Å². The first-order valence-electron chi connectivity index (χ1n) is 9.03. The minimum absolute atomic E-state index is 0.703. The number of hydrogen-bond donors (Lipinski definition) is 0. The first-order valence-corrected chi connectivity index (χ1v) is 9.03. The van der Waals surface area contributed by atoms with Crippen molar-refractivity contribution >= 4 is 0 Å². The lowest BCUT2D eigenvalue weighted by Gasteiger charge is -2.37. The van der Waals surface area contributed by atoms with Gasteiger partial charge in [-0.2, -0.15) is 0 Å². The number of nitrogens with zero attached hydrogens (tertiary/aromatic N) is 2. The van der Waals surface area contributed by atoms with Crippen LogP contribution in [0.5, 0.6) is 11.5 Å². The summed E-state index contributed by atoms with van der Waals surface area (Å²) in [6.07, 6.45) is 1.23. The summed E-state index contributed by atoms with van der Waals surface area (Å²) in [5.74, 6) is 1.80. The van der Waals surface area contributed by atoms with E-state index < -0.39 is 0 Å². The van der Waals surface area contributed by atoms with E-state index >= 15 is 0 Å². The quantitative estimate of drug-likeness (QED) is 0.783. The number of piperazine rings is 1. The zero-order valence-corrected chi connectivity index (χ0v) is 14.8. The average molecular weight is 324 g/mol. The molecule has 1 atom stereocenters. The molecule has 2 aromatic carbocycles. The Morgan fingerprint density at radius 2 is 1.62 bits per heavy atom. The molecule has 0 bridgehead atoms. The third-order valence-corrected chi connectivity index (χ3v) is 4.90. The first-order chi connectivity index (χ1) is 11.7. The maximum atomic E-state index is 5.94. The largest absolute Gasteiger partial charge is 0.457 e. The van der Waals surface area contributed by atoms with Crippen molar-refractivity contribution in [2.24, 2.45) is 0 Å². The van der Waals surface area contributed by atoms with Gasteiger partial charge in [0, 0.05) is 38.8 Å². The van der Waals surface area contributed by atoms with Gasteiger partial charge in [-0.3, -0.25) is 9.80 Å². The molecule has 0 aromatic heterocycles. The molecular weight excluding hydrogens is 296 g/mol. The monoisotopic (exact) mass is 324 g/mol. The molecule has 0 spiro atoms. The van der Waals surface area contributed by atoms with Crippen molar-refractivity contribution in [2.75, 3.05) is 26.2 Å². The molecule has 24 heavy (non-hydrogen) atoms. The first kappa shape index (κ1) is 17.0. The van der Waals surface area contributed by atoms with Gasteiger partial charge >= 0.3 is 0 Å². The van der Waals surface area contributed by atoms with Crippen LogP contribution in [0.4, 0.5) is 0 Å². The second kappa shape index (κ2) is 8.32. The molecule has 3 rings (SSSR count). The summed E-state index contributed by atoms with van der Waals surface area (Å²) in [6.45, 7) is 10.3. The van der Waals surface area contributed by atoms with Gasteiger partial charge in [0.1, 0.15) is 11.5 Å². The summed E-state index contributed by atoms with van der Waals surface area (Å²) in [5, 5.41) is 0. The van der Waals surface area contributed by atoms with Crippen LogP contribution in [0, 0.1) is 0 Å². The molecular formula is C21H28N2O. The Kier molecular flexibility index (Phi) is 5.89. The Labute approximate surface area is 145 Å². The van der Waals surface area contributed by atoms with Crippen molar-refractivity contribution in [3.05, 3.63) is 60.2 Å². The van der Waals surface area contributed by atoms with Crippen molar-refractivity contribution in [2.45, 2.75) is 32.9 Å². The highest BCUT2D eigenvalue weighted by molar-refractivity contribution is 5.33. The molecule has 1 saturated heterocycles. The fourth-order valence-electron chi connectivity index (χ4n) is 3.21. The topological polar surface area (TPSA) is 15.7 Å². The van der Waals surface area contributed by atoms with E-state index in [9.17, 15) is 0 Å². The summed E-state index contributed by atoms with van der Waals surface area (Å²) in [5.41, 5.74) is 1.32. The molecule has 0 radical (unpaired) electrons. The van der Waals surface area contributed by atoms with Gasteiger partial charge in [-0.25, -0.2) is 0 Å². The minimum atomic E-state index is 0.703.